The largest absolute Gasteiger partial charge is 0.445 e. The van der Waals surface area contributed by atoms with E-state index in [1.165, 1.54) is 35.2 Å². The molecule has 0 bridgehead atoms. The van der Waals surface area contributed by atoms with Crippen LogP contribution in [-0.2, 0) is 31.5 Å². The van der Waals surface area contributed by atoms with Crippen molar-refractivity contribution in [1.82, 2.24) is 4.90 Å². The average Bonchev–Trinajstić information content (AvgIpc) is 3.48. The van der Waals surface area contributed by atoms with Gasteiger partial charge in [-0.2, -0.15) is 13.2 Å². The molecule has 1 aliphatic heterocycles. The van der Waals surface area contributed by atoms with Crippen molar-refractivity contribution in [3.05, 3.63) is 137 Å². The Balaban J connectivity index is 1.53. The van der Waals surface area contributed by atoms with Crippen LogP contribution in [0.5, 0.6) is 0 Å². The molecule has 0 aliphatic carbocycles. The maximum absolute atomic E-state index is 14.3. The number of amides is 1. The molecule has 4 aromatic carbocycles. The normalized spacial score (nSPS) is 18.7. The zero-order valence-electron chi connectivity index (χ0n) is 22.7. The minimum absolute atomic E-state index is 0.0215. The molecule has 1 aliphatic rings. The lowest BCUT2D eigenvalue weighted by Crippen LogP contribution is -2.43. The third-order valence-electron chi connectivity index (χ3n) is 7.76. The fraction of sp³-hybridized carbons (Fsp3) is 0.219. The van der Waals surface area contributed by atoms with Gasteiger partial charge in [0.05, 0.1) is 4.90 Å². The second-order valence-corrected chi connectivity index (χ2v) is 12.6. The van der Waals surface area contributed by atoms with Gasteiger partial charge in [-0.1, -0.05) is 84.9 Å². The van der Waals surface area contributed by atoms with Crippen LogP contribution in [0.3, 0.4) is 0 Å². The lowest BCUT2D eigenvalue weighted by molar-refractivity contribution is -0.248. The zero-order chi connectivity index (χ0) is 30.9. The Morgan fingerprint density at radius 3 is 1.98 bits per heavy atom. The van der Waals surface area contributed by atoms with Gasteiger partial charge in [0, 0.05) is 13.1 Å². The van der Waals surface area contributed by atoms with E-state index in [4.69, 9.17) is 4.74 Å². The van der Waals surface area contributed by atoms with E-state index in [0.29, 0.717) is 0 Å². The average molecular weight is 614 g/mol. The first-order chi connectivity index (χ1) is 20.4. The summed E-state index contributed by atoms with van der Waals surface area (Å²) < 4.78 is 88.5. The van der Waals surface area contributed by atoms with Crippen molar-refractivity contribution in [3.8, 4) is 0 Å². The number of aliphatic hydroxyl groups is 1. The first-order valence-corrected chi connectivity index (χ1v) is 14.8. The lowest BCUT2D eigenvalue weighted by Gasteiger charge is -2.33. The van der Waals surface area contributed by atoms with E-state index in [-0.39, 0.29) is 36.6 Å². The van der Waals surface area contributed by atoms with Gasteiger partial charge >= 0.3 is 12.3 Å². The van der Waals surface area contributed by atoms with Crippen LogP contribution in [-0.4, -0.2) is 43.8 Å². The van der Waals surface area contributed by atoms with Gasteiger partial charge in [0.2, 0.25) is 5.60 Å². The minimum atomic E-state index is -5.10. The van der Waals surface area contributed by atoms with Crippen LogP contribution in [0.25, 0.3) is 0 Å². The number of hydrogen-bond acceptors (Lipinski definition) is 5. The molecule has 1 N–H and O–H groups in total. The number of nitrogens with zero attached hydrogens (tertiary/aromatic N) is 1. The van der Waals surface area contributed by atoms with E-state index in [2.05, 4.69) is 0 Å². The van der Waals surface area contributed by atoms with Crippen molar-refractivity contribution >= 4 is 15.9 Å². The maximum Gasteiger partial charge on any atom is 0.425 e. The van der Waals surface area contributed by atoms with Crippen LogP contribution in [0.1, 0.15) is 28.7 Å². The summed E-state index contributed by atoms with van der Waals surface area (Å²) >= 11 is 0. The molecule has 4 aromatic rings. The van der Waals surface area contributed by atoms with Gasteiger partial charge in [-0.25, -0.2) is 17.6 Å². The summed E-state index contributed by atoms with van der Waals surface area (Å²) in [5, 5.41) is 11.0. The van der Waals surface area contributed by atoms with Crippen LogP contribution in [0.15, 0.2) is 114 Å². The number of rotatable bonds is 7. The Morgan fingerprint density at radius 1 is 0.837 bits per heavy atom. The molecule has 6 nitrogen and oxygen atoms in total. The highest BCUT2D eigenvalue weighted by atomic mass is 32.2. The highest BCUT2D eigenvalue weighted by Gasteiger charge is 2.57. The second kappa shape index (κ2) is 11.5. The SMILES string of the molecule is O=C(OCc1ccccc1)N1CC[C@](c2ccc([C@@](O)(c3ccccc3)C(F)(F)F)cc2)(S(=O)(=O)c2ccc(F)cc2)C1. The van der Waals surface area contributed by atoms with Crippen molar-refractivity contribution in [2.45, 2.75) is 34.4 Å². The summed E-state index contributed by atoms with van der Waals surface area (Å²) in [6.07, 6.45) is -5.96. The predicted octanol–water partition coefficient (Wildman–Crippen LogP) is 6.34. The van der Waals surface area contributed by atoms with E-state index in [1.54, 1.807) is 30.3 Å². The number of hydrogen-bond donors (Lipinski definition) is 1. The summed E-state index contributed by atoms with van der Waals surface area (Å²) in [5.74, 6) is -0.651. The van der Waals surface area contributed by atoms with Gasteiger partial charge in [0.1, 0.15) is 17.2 Å². The van der Waals surface area contributed by atoms with Crippen LogP contribution in [0, 0.1) is 5.82 Å². The fourth-order valence-corrected chi connectivity index (χ4v) is 7.46. The molecule has 43 heavy (non-hydrogen) atoms. The standard InChI is InChI=1S/C32H27F4NO5S/c33-27-15-17-28(18-16-27)43(40,41)30(19-20-37(22-30)29(38)42-21-23-7-3-1-4-8-23)24-11-13-26(14-12-24)31(39,32(34,35)36)25-9-5-2-6-10-25/h1-18,39H,19-22H2/t30-,31-/m0/s1. The van der Waals surface area contributed by atoms with E-state index < -0.39 is 49.4 Å². The number of carbonyl (C=O) groups is 1. The van der Waals surface area contributed by atoms with Crippen molar-refractivity contribution in [2.75, 3.05) is 13.1 Å². The molecule has 224 valence electrons. The Labute approximate surface area is 246 Å². The third-order valence-corrected chi connectivity index (χ3v) is 10.3. The van der Waals surface area contributed by atoms with E-state index in [0.717, 1.165) is 54.1 Å². The van der Waals surface area contributed by atoms with Gasteiger partial charge in [0.15, 0.2) is 9.84 Å². The van der Waals surface area contributed by atoms with Gasteiger partial charge in [-0.3, -0.25) is 0 Å². The first kappa shape index (κ1) is 30.2. The lowest BCUT2D eigenvalue weighted by atomic mass is 9.84. The third kappa shape index (κ3) is 5.50. The number of halogens is 4. The second-order valence-electron chi connectivity index (χ2n) is 10.3. The Morgan fingerprint density at radius 2 is 1.40 bits per heavy atom. The van der Waals surface area contributed by atoms with Crippen LogP contribution >= 0.6 is 0 Å². The highest BCUT2D eigenvalue weighted by molar-refractivity contribution is 7.92. The molecule has 0 saturated carbocycles. The molecule has 0 aromatic heterocycles. The van der Waals surface area contributed by atoms with E-state index in [9.17, 15) is 35.9 Å². The fourth-order valence-electron chi connectivity index (χ4n) is 5.39. The molecule has 5 rings (SSSR count). The van der Waals surface area contributed by atoms with Crippen molar-refractivity contribution in [3.63, 3.8) is 0 Å². The Kier molecular flexibility index (Phi) is 8.06. The van der Waals surface area contributed by atoms with Gasteiger partial charge in [0.25, 0.3) is 0 Å². The molecule has 2 atom stereocenters. The van der Waals surface area contributed by atoms with Gasteiger partial charge in [-0.15, -0.1) is 0 Å². The molecule has 0 spiro atoms. The number of carbonyl (C=O) groups excluding carboxylic acids is 1. The van der Waals surface area contributed by atoms with Crippen molar-refractivity contribution in [2.24, 2.45) is 0 Å². The Hall–Kier alpha value is -4.22. The summed E-state index contributed by atoms with van der Waals surface area (Å²) in [5.41, 5.74) is -3.44. The number of sulfone groups is 1. The highest BCUT2D eigenvalue weighted by Crippen LogP contribution is 2.47. The summed E-state index contributed by atoms with van der Waals surface area (Å²) in [4.78, 5) is 14.0. The molecule has 1 saturated heterocycles. The molecule has 1 fully saturated rings. The predicted molar refractivity (Wildman–Crippen MR) is 150 cm³/mol. The first-order valence-electron chi connectivity index (χ1n) is 13.3. The molecule has 1 heterocycles. The quantitative estimate of drug-likeness (QED) is 0.195. The molecule has 0 radical (unpaired) electrons. The summed E-state index contributed by atoms with van der Waals surface area (Å²) in [6, 6.07) is 24.2. The molecular weight excluding hydrogens is 586 g/mol. The van der Waals surface area contributed by atoms with Gasteiger partial charge in [-0.05, 0) is 52.9 Å². The number of benzene rings is 4. The van der Waals surface area contributed by atoms with Gasteiger partial charge < -0.3 is 14.7 Å². The summed E-state index contributed by atoms with van der Waals surface area (Å²) in [6.45, 7) is -0.424. The topological polar surface area (TPSA) is 83.9 Å². The van der Waals surface area contributed by atoms with Crippen LogP contribution in [0.2, 0.25) is 0 Å². The minimum Gasteiger partial charge on any atom is -0.445 e. The van der Waals surface area contributed by atoms with Crippen molar-refractivity contribution in [1.29, 1.82) is 0 Å². The molecule has 1 amide bonds. The maximum atomic E-state index is 14.3. The molecular formula is C32H27F4NO5S. The number of alkyl halides is 3. The summed E-state index contributed by atoms with van der Waals surface area (Å²) in [7, 11) is -4.33. The van der Waals surface area contributed by atoms with Crippen LogP contribution in [0.4, 0.5) is 22.4 Å². The molecule has 11 heteroatoms. The van der Waals surface area contributed by atoms with Crippen LogP contribution < -0.4 is 0 Å². The zero-order valence-corrected chi connectivity index (χ0v) is 23.5. The Bertz CT molecular complexity index is 1680. The number of likely N-dealkylation sites (tertiary alicyclic amines) is 1. The van der Waals surface area contributed by atoms with E-state index >= 15 is 0 Å². The smallest absolute Gasteiger partial charge is 0.425 e. The molecule has 0 unspecified atom stereocenters. The van der Waals surface area contributed by atoms with Crippen molar-refractivity contribution < 1.29 is 40.6 Å². The van der Waals surface area contributed by atoms with E-state index in [1.807, 2.05) is 0 Å². The number of ether oxygens (including phenoxy) is 1. The monoisotopic (exact) mass is 613 g/mol.